The molecule has 1 atom stereocenters. The van der Waals surface area contributed by atoms with Crippen molar-refractivity contribution in [1.29, 1.82) is 0 Å². The first-order valence-electron chi connectivity index (χ1n) is 5.66. The van der Waals surface area contributed by atoms with Crippen LogP contribution in [0.15, 0.2) is 18.3 Å². The van der Waals surface area contributed by atoms with Gasteiger partial charge < -0.3 is 9.47 Å². The highest BCUT2D eigenvalue weighted by Crippen LogP contribution is 2.16. The molecule has 0 N–H and O–H groups in total. The fourth-order valence-electron chi connectivity index (χ4n) is 1.72. The zero-order chi connectivity index (χ0) is 12.1. The number of hydrogen-bond donors (Lipinski definition) is 0. The topological polar surface area (TPSA) is 48.4 Å². The van der Waals surface area contributed by atoms with Crippen molar-refractivity contribution in [2.75, 3.05) is 13.2 Å². The third-order valence-electron chi connectivity index (χ3n) is 2.65. The second kappa shape index (κ2) is 5.98. The first kappa shape index (κ1) is 12.3. The van der Waals surface area contributed by atoms with Crippen LogP contribution in [0.4, 0.5) is 0 Å². The third kappa shape index (κ3) is 3.41. The number of halogens is 1. The molecule has 0 radical (unpaired) electrons. The Bertz CT molecular complexity index is 391. The molecule has 1 aromatic heterocycles. The summed E-state index contributed by atoms with van der Waals surface area (Å²) in [7, 11) is 0. The Labute approximate surface area is 105 Å². The van der Waals surface area contributed by atoms with Crippen LogP contribution < -0.4 is 0 Å². The van der Waals surface area contributed by atoms with E-state index in [1.54, 1.807) is 12.1 Å². The lowest BCUT2D eigenvalue weighted by atomic mass is 10.1. The van der Waals surface area contributed by atoms with Gasteiger partial charge in [-0.25, -0.2) is 9.78 Å². The predicted molar refractivity (Wildman–Crippen MR) is 63.1 cm³/mol. The average molecular weight is 256 g/mol. The minimum absolute atomic E-state index is 0.0168. The van der Waals surface area contributed by atoms with Crippen molar-refractivity contribution >= 4 is 17.6 Å². The summed E-state index contributed by atoms with van der Waals surface area (Å²) in [6, 6.07) is 3.25. The minimum atomic E-state index is -0.447. The fourth-order valence-corrected chi connectivity index (χ4v) is 1.92. The molecule has 1 unspecified atom stereocenters. The van der Waals surface area contributed by atoms with Crippen LogP contribution in [0.5, 0.6) is 0 Å². The van der Waals surface area contributed by atoms with Gasteiger partial charge in [0.25, 0.3) is 0 Å². The zero-order valence-electron chi connectivity index (χ0n) is 9.39. The lowest BCUT2D eigenvalue weighted by molar-refractivity contribution is -0.0300. The number of hydrogen-bond acceptors (Lipinski definition) is 4. The van der Waals surface area contributed by atoms with E-state index >= 15 is 0 Å². The van der Waals surface area contributed by atoms with E-state index in [4.69, 9.17) is 21.1 Å². The Morgan fingerprint density at radius 1 is 1.59 bits per heavy atom. The number of aromatic nitrogens is 1. The Balaban J connectivity index is 1.87. The zero-order valence-corrected chi connectivity index (χ0v) is 10.2. The summed E-state index contributed by atoms with van der Waals surface area (Å²) in [5, 5.41) is 0.169. The lowest BCUT2D eigenvalue weighted by Gasteiger charge is -2.22. The normalized spacial score (nSPS) is 19.9. The highest BCUT2D eigenvalue weighted by molar-refractivity contribution is 6.32. The Hall–Kier alpha value is -1.13. The van der Waals surface area contributed by atoms with E-state index in [1.165, 1.54) is 6.20 Å². The number of esters is 1. The second-order valence-electron chi connectivity index (χ2n) is 3.93. The standard InChI is InChI=1S/C12H14ClNO3/c13-11-10(5-3-6-14-11)12(15)17-8-9-4-1-2-7-16-9/h3,5-6,9H,1-2,4,7-8H2. The van der Waals surface area contributed by atoms with Gasteiger partial charge in [-0.15, -0.1) is 0 Å². The number of rotatable bonds is 3. The Morgan fingerprint density at radius 3 is 3.18 bits per heavy atom. The predicted octanol–water partition coefficient (Wildman–Crippen LogP) is 2.46. The van der Waals surface area contributed by atoms with Crippen LogP contribution in [0, 0.1) is 0 Å². The van der Waals surface area contributed by atoms with Crippen molar-refractivity contribution in [1.82, 2.24) is 4.98 Å². The molecule has 0 saturated carbocycles. The first-order chi connectivity index (χ1) is 8.27. The SMILES string of the molecule is O=C(OCC1CCCCO1)c1cccnc1Cl. The molecular weight excluding hydrogens is 242 g/mol. The lowest BCUT2D eigenvalue weighted by Crippen LogP contribution is -2.26. The van der Waals surface area contributed by atoms with Crippen molar-refractivity contribution in [2.45, 2.75) is 25.4 Å². The second-order valence-corrected chi connectivity index (χ2v) is 4.29. The van der Waals surface area contributed by atoms with Crippen LogP contribution in [0.2, 0.25) is 5.15 Å². The van der Waals surface area contributed by atoms with Crippen molar-refractivity contribution in [3.8, 4) is 0 Å². The van der Waals surface area contributed by atoms with Gasteiger partial charge in [-0.1, -0.05) is 11.6 Å². The summed E-state index contributed by atoms with van der Waals surface area (Å²) in [6.07, 6.45) is 4.69. The molecule has 1 saturated heterocycles. The van der Waals surface area contributed by atoms with Gasteiger partial charge in [-0.2, -0.15) is 0 Å². The van der Waals surface area contributed by atoms with Crippen molar-refractivity contribution in [2.24, 2.45) is 0 Å². The molecule has 1 aliphatic heterocycles. The van der Waals surface area contributed by atoms with Crippen LogP contribution in [0.1, 0.15) is 29.6 Å². The van der Waals surface area contributed by atoms with Crippen molar-refractivity contribution in [3.05, 3.63) is 29.0 Å². The van der Waals surface area contributed by atoms with Gasteiger partial charge >= 0.3 is 5.97 Å². The van der Waals surface area contributed by atoms with Crippen LogP contribution in [-0.2, 0) is 9.47 Å². The quantitative estimate of drug-likeness (QED) is 0.615. The van der Waals surface area contributed by atoms with Gasteiger partial charge in [0.05, 0.1) is 11.7 Å². The number of pyridine rings is 1. The molecule has 1 aromatic rings. The van der Waals surface area contributed by atoms with Crippen LogP contribution >= 0.6 is 11.6 Å². The molecule has 0 amide bonds. The molecule has 5 heteroatoms. The van der Waals surface area contributed by atoms with E-state index in [1.807, 2.05) is 0 Å². The summed E-state index contributed by atoms with van der Waals surface area (Å²) in [5.41, 5.74) is 0.296. The highest BCUT2D eigenvalue weighted by Gasteiger charge is 2.18. The van der Waals surface area contributed by atoms with Gasteiger partial charge in [0.15, 0.2) is 0 Å². The number of ether oxygens (including phenoxy) is 2. The molecule has 2 heterocycles. The Morgan fingerprint density at radius 2 is 2.47 bits per heavy atom. The average Bonchev–Trinajstić information content (AvgIpc) is 2.38. The summed E-state index contributed by atoms with van der Waals surface area (Å²) >= 11 is 5.80. The third-order valence-corrected chi connectivity index (χ3v) is 2.95. The monoisotopic (exact) mass is 255 g/mol. The molecule has 0 spiro atoms. The van der Waals surface area contributed by atoms with Gasteiger partial charge in [0.2, 0.25) is 0 Å². The fraction of sp³-hybridized carbons (Fsp3) is 0.500. The largest absolute Gasteiger partial charge is 0.459 e. The maximum atomic E-state index is 11.7. The number of carbonyl (C=O) groups is 1. The number of nitrogens with zero attached hydrogens (tertiary/aromatic N) is 1. The molecule has 92 valence electrons. The van der Waals surface area contributed by atoms with Gasteiger partial charge in [0, 0.05) is 12.8 Å². The van der Waals surface area contributed by atoms with Crippen LogP contribution in [0.25, 0.3) is 0 Å². The van der Waals surface area contributed by atoms with Crippen molar-refractivity contribution < 1.29 is 14.3 Å². The molecular formula is C12H14ClNO3. The molecule has 17 heavy (non-hydrogen) atoms. The molecule has 1 aliphatic rings. The summed E-state index contributed by atoms with van der Waals surface area (Å²) in [5.74, 6) is -0.447. The van der Waals surface area contributed by atoms with Crippen LogP contribution in [-0.4, -0.2) is 30.3 Å². The van der Waals surface area contributed by atoms with Crippen molar-refractivity contribution in [3.63, 3.8) is 0 Å². The smallest absolute Gasteiger partial charge is 0.341 e. The summed E-state index contributed by atoms with van der Waals surface area (Å²) < 4.78 is 10.6. The summed E-state index contributed by atoms with van der Waals surface area (Å²) in [6.45, 7) is 1.03. The maximum absolute atomic E-state index is 11.7. The van der Waals surface area contributed by atoms with Gasteiger partial charge in [-0.3, -0.25) is 0 Å². The maximum Gasteiger partial charge on any atom is 0.341 e. The van der Waals surface area contributed by atoms with E-state index in [9.17, 15) is 4.79 Å². The molecule has 0 aliphatic carbocycles. The summed E-state index contributed by atoms with van der Waals surface area (Å²) in [4.78, 5) is 15.5. The van der Waals surface area contributed by atoms with E-state index in [0.717, 1.165) is 25.9 Å². The molecule has 2 rings (SSSR count). The highest BCUT2D eigenvalue weighted by atomic mass is 35.5. The minimum Gasteiger partial charge on any atom is -0.459 e. The molecule has 0 bridgehead atoms. The van der Waals surface area contributed by atoms with Gasteiger partial charge in [0.1, 0.15) is 11.8 Å². The Kier molecular flexibility index (Phi) is 4.34. The van der Waals surface area contributed by atoms with Gasteiger partial charge in [-0.05, 0) is 31.4 Å². The van der Waals surface area contributed by atoms with E-state index in [-0.39, 0.29) is 17.9 Å². The van der Waals surface area contributed by atoms with E-state index < -0.39 is 5.97 Å². The molecule has 1 fully saturated rings. The molecule has 0 aromatic carbocycles. The van der Waals surface area contributed by atoms with Crippen LogP contribution in [0.3, 0.4) is 0 Å². The molecule has 4 nitrogen and oxygen atoms in total. The number of carbonyl (C=O) groups excluding carboxylic acids is 1. The van der Waals surface area contributed by atoms with E-state index in [2.05, 4.69) is 4.98 Å². The first-order valence-corrected chi connectivity index (χ1v) is 6.04. The van der Waals surface area contributed by atoms with E-state index in [0.29, 0.717) is 5.56 Å².